The Kier molecular flexibility index (Phi) is 7.63. The molecular weight excluding hydrogens is 426 g/mol. The number of carbonyl (C=O) groups excluding carboxylic acids is 2. The molecule has 7 nitrogen and oxygen atoms in total. The lowest BCUT2D eigenvalue weighted by Crippen LogP contribution is -2.42. The fraction of sp³-hybridized carbons (Fsp3) is 0.333. The quantitative estimate of drug-likeness (QED) is 0.701. The Bertz CT molecular complexity index is 1030. The number of hydrogen-bond acceptors (Lipinski definition) is 4. The molecular formula is C21H26ClN3O4S. The summed E-state index contributed by atoms with van der Waals surface area (Å²) in [6.45, 7) is 5.20. The summed E-state index contributed by atoms with van der Waals surface area (Å²) in [6.07, 6.45) is 0. The Morgan fingerprint density at radius 2 is 1.50 bits per heavy atom. The maximum Gasteiger partial charge on any atom is 0.243 e. The third kappa shape index (κ3) is 5.81. The largest absolute Gasteiger partial charge is 0.335 e. The van der Waals surface area contributed by atoms with Gasteiger partial charge in [0.15, 0.2) is 0 Å². The van der Waals surface area contributed by atoms with E-state index in [1.807, 2.05) is 32.9 Å². The normalized spacial score (nSPS) is 11.4. The number of nitrogens with zero attached hydrogens (tertiary/aromatic N) is 2. The third-order valence-corrected chi connectivity index (χ3v) is 6.70. The van der Waals surface area contributed by atoms with Crippen molar-refractivity contribution >= 4 is 39.1 Å². The fourth-order valence-corrected chi connectivity index (χ4v) is 4.29. The molecule has 0 radical (unpaired) electrons. The highest BCUT2D eigenvalue weighted by atomic mass is 35.5. The van der Waals surface area contributed by atoms with Crippen molar-refractivity contribution in [1.29, 1.82) is 0 Å². The van der Waals surface area contributed by atoms with E-state index in [1.165, 1.54) is 43.3 Å². The van der Waals surface area contributed by atoms with Gasteiger partial charge >= 0.3 is 0 Å². The van der Waals surface area contributed by atoms with Gasteiger partial charge in [-0.25, -0.2) is 8.42 Å². The zero-order chi connectivity index (χ0) is 22.6. The van der Waals surface area contributed by atoms with E-state index in [0.29, 0.717) is 10.7 Å². The van der Waals surface area contributed by atoms with Crippen LogP contribution in [0.4, 0.5) is 5.69 Å². The standard InChI is InChI=1S/C21H26ClN3O4S/c1-14-10-15(2)21(16(3)11-14)23-19(26)12-24(4)20(27)13-25(5)30(28,29)18-8-6-17(22)7-9-18/h6-11H,12-13H2,1-5H3,(H,23,26). The van der Waals surface area contributed by atoms with Crippen LogP contribution in [0.2, 0.25) is 5.02 Å². The molecule has 0 bridgehead atoms. The van der Waals surface area contributed by atoms with Gasteiger partial charge in [0.05, 0.1) is 18.0 Å². The van der Waals surface area contributed by atoms with E-state index >= 15 is 0 Å². The first-order chi connectivity index (χ1) is 13.9. The molecule has 2 amide bonds. The maximum absolute atomic E-state index is 12.6. The molecule has 162 valence electrons. The van der Waals surface area contributed by atoms with Crippen LogP contribution < -0.4 is 5.32 Å². The van der Waals surface area contributed by atoms with Gasteiger partial charge in [-0.15, -0.1) is 0 Å². The predicted molar refractivity (Wildman–Crippen MR) is 118 cm³/mol. The number of aryl methyl sites for hydroxylation is 3. The Balaban J connectivity index is 2.00. The lowest BCUT2D eigenvalue weighted by atomic mass is 10.1. The minimum Gasteiger partial charge on any atom is -0.335 e. The minimum absolute atomic E-state index is 0.0351. The molecule has 2 aromatic rings. The number of anilines is 1. The summed E-state index contributed by atoms with van der Waals surface area (Å²) in [5.41, 5.74) is 3.68. The lowest BCUT2D eigenvalue weighted by molar-refractivity contribution is -0.133. The number of likely N-dealkylation sites (N-methyl/N-ethyl adjacent to an activating group) is 2. The fourth-order valence-electron chi connectivity index (χ4n) is 3.04. The van der Waals surface area contributed by atoms with Crippen LogP contribution in [-0.4, -0.2) is 56.6 Å². The zero-order valence-corrected chi connectivity index (χ0v) is 19.3. The van der Waals surface area contributed by atoms with Crippen LogP contribution in [0.25, 0.3) is 0 Å². The first-order valence-electron chi connectivity index (χ1n) is 9.25. The topological polar surface area (TPSA) is 86.8 Å². The molecule has 0 atom stereocenters. The van der Waals surface area contributed by atoms with Crippen molar-refractivity contribution < 1.29 is 18.0 Å². The first kappa shape index (κ1) is 23.9. The van der Waals surface area contributed by atoms with Gasteiger partial charge in [-0.1, -0.05) is 29.3 Å². The minimum atomic E-state index is -3.85. The molecule has 1 N–H and O–H groups in total. The summed E-state index contributed by atoms with van der Waals surface area (Å²) in [7, 11) is -1.08. The van der Waals surface area contributed by atoms with Gasteiger partial charge in [0.2, 0.25) is 21.8 Å². The molecule has 0 aliphatic heterocycles. The van der Waals surface area contributed by atoms with Crippen LogP contribution in [-0.2, 0) is 19.6 Å². The van der Waals surface area contributed by atoms with Gasteiger partial charge in [0, 0.05) is 24.8 Å². The smallest absolute Gasteiger partial charge is 0.243 e. The van der Waals surface area contributed by atoms with Crippen LogP contribution in [0.15, 0.2) is 41.3 Å². The van der Waals surface area contributed by atoms with Gasteiger partial charge in [-0.2, -0.15) is 4.31 Å². The van der Waals surface area contributed by atoms with E-state index in [9.17, 15) is 18.0 Å². The second kappa shape index (κ2) is 9.59. The maximum atomic E-state index is 12.6. The van der Waals surface area contributed by atoms with Crippen molar-refractivity contribution in [1.82, 2.24) is 9.21 Å². The summed E-state index contributed by atoms with van der Waals surface area (Å²) in [4.78, 5) is 26.1. The summed E-state index contributed by atoms with van der Waals surface area (Å²) < 4.78 is 26.1. The van der Waals surface area contributed by atoms with Crippen LogP contribution in [0.1, 0.15) is 16.7 Å². The molecule has 0 saturated carbocycles. The number of carbonyl (C=O) groups is 2. The van der Waals surface area contributed by atoms with Crippen molar-refractivity contribution in [2.75, 3.05) is 32.5 Å². The molecule has 2 aromatic carbocycles. The Morgan fingerprint density at radius 3 is 2.03 bits per heavy atom. The summed E-state index contributed by atoms with van der Waals surface area (Å²) in [6, 6.07) is 9.62. The van der Waals surface area contributed by atoms with E-state index in [-0.39, 0.29) is 17.3 Å². The second-order valence-corrected chi connectivity index (χ2v) is 9.77. The summed E-state index contributed by atoms with van der Waals surface area (Å²) >= 11 is 5.79. The van der Waals surface area contributed by atoms with Crippen LogP contribution in [0, 0.1) is 20.8 Å². The van der Waals surface area contributed by atoms with Gasteiger partial charge in [0.1, 0.15) is 0 Å². The number of benzene rings is 2. The molecule has 0 fully saturated rings. The number of nitrogens with one attached hydrogen (secondary N) is 1. The molecule has 0 saturated heterocycles. The number of hydrogen-bond donors (Lipinski definition) is 1. The van der Waals surface area contributed by atoms with E-state index in [2.05, 4.69) is 5.32 Å². The third-order valence-electron chi connectivity index (χ3n) is 4.63. The molecule has 9 heteroatoms. The molecule has 0 heterocycles. The summed E-state index contributed by atoms with van der Waals surface area (Å²) in [5.74, 6) is -0.855. The SMILES string of the molecule is Cc1cc(C)c(NC(=O)CN(C)C(=O)CN(C)S(=O)(=O)c2ccc(Cl)cc2)c(C)c1. The van der Waals surface area contributed by atoms with E-state index in [0.717, 1.165) is 21.0 Å². The average Bonchev–Trinajstić information content (AvgIpc) is 2.64. The Labute approximate surface area is 182 Å². The summed E-state index contributed by atoms with van der Waals surface area (Å²) in [5, 5.41) is 3.24. The van der Waals surface area contributed by atoms with E-state index in [4.69, 9.17) is 11.6 Å². The van der Waals surface area contributed by atoms with Crippen LogP contribution >= 0.6 is 11.6 Å². The monoisotopic (exact) mass is 451 g/mol. The lowest BCUT2D eigenvalue weighted by Gasteiger charge is -2.22. The van der Waals surface area contributed by atoms with Crippen molar-refractivity contribution in [3.05, 3.63) is 58.1 Å². The Morgan fingerprint density at radius 1 is 0.967 bits per heavy atom. The highest BCUT2D eigenvalue weighted by Gasteiger charge is 2.25. The van der Waals surface area contributed by atoms with Gasteiger partial charge in [-0.05, 0) is 56.2 Å². The molecule has 0 aliphatic rings. The van der Waals surface area contributed by atoms with Gasteiger partial charge in [0.25, 0.3) is 0 Å². The van der Waals surface area contributed by atoms with Gasteiger partial charge < -0.3 is 10.2 Å². The highest BCUT2D eigenvalue weighted by Crippen LogP contribution is 2.22. The number of amides is 2. The van der Waals surface area contributed by atoms with Crippen molar-refractivity contribution in [3.63, 3.8) is 0 Å². The van der Waals surface area contributed by atoms with Crippen molar-refractivity contribution in [3.8, 4) is 0 Å². The predicted octanol–water partition coefficient (Wildman–Crippen LogP) is 2.98. The highest BCUT2D eigenvalue weighted by molar-refractivity contribution is 7.89. The molecule has 30 heavy (non-hydrogen) atoms. The molecule has 0 unspecified atom stereocenters. The van der Waals surface area contributed by atoms with Crippen molar-refractivity contribution in [2.45, 2.75) is 25.7 Å². The van der Waals surface area contributed by atoms with Crippen LogP contribution in [0.3, 0.4) is 0 Å². The van der Waals surface area contributed by atoms with E-state index in [1.54, 1.807) is 0 Å². The van der Waals surface area contributed by atoms with Crippen molar-refractivity contribution in [2.24, 2.45) is 0 Å². The average molecular weight is 452 g/mol. The molecule has 0 aromatic heterocycles. The number of halogens is 1. The number of sulfonamides is 1. The second-order valence-electron chi connectivity index (χ2n) is 7.29. The van der Waals surface area contributed by atoms with Crippen LogP contribution in [0.5, 0.6) is 0 Å². The molecule has 0 aliphatic carbocycles. The zero-order valence-electron chi connectivity index (χ0n) is 17.7. The van der Waals surface area contributed by atoms with Gasteiger partial charge in [-0.3, -0.25) is 9.59 Å². The van der Waals surface area contributed by atoms with E-state index < -0.39 is 22.5 Å². The molecule has 0 spiro atoms. The Hall–Kier alpha value is -2.42. The molecule has 2 rings (SSSR count). The number of rotatable bonds is 7. The first-order valence-corrected chi connectivity index (χ1v) is 11.1.